The molecule has 2 aromatic carbocycles. The average molecular weight is 371 g/mol. The van der Waals surface area contributed by atoms with Gasteiger partial charge in [0.1, 0.15) is 5.75 Å². The number of ether oxygens (including phenoxy) is 1. The Labute approximate surface area is 161 Å². The third-order valence-corrected chi connectivity index (χ3v) is 4.21. The molecule has 0 aliphatic rings. The molecule has 5 heteroatoms. The molecule has 1 atom stereocenters. The van der Waals surface area contributed by atoms with Gasteiger partial charge in [-0.2, -0.15) is 0 Å². The highest BCUT2D eigenvalue weighted by Gasteiger charge is 2.13. The molecule has 0 bridgehead atoms. The van der Waals surface area contributed by atoms with Crippen LogP contribution in [-0.4, -0.2) is 17.6 Å². The van der Waals surface area contributed by atoms with Gasteiger partial charge in [0.25, 0.3) is 5.91 Å². The fourth-order valence-corrected chi connectivity index (χ4v) is 2.71. The van der Waals surface area contributed by atoms with Gasteiger partial charge >= 0.3 is 0 Å². The predicted molar refractivity (Wildman–Crippen MR) is 109 cm³/mol. The van der Waals surface area contributed by atoms with Gasteiger partial charge in [-0.15, -0.1) is 0 Å². The molecule has 1 unspecified atom stereocenters. The van der Waals surface area contributed by atoms with Gasteiger partial charge in [-0.05, 0) is 47.8 Å². The quantitative estimate of drug-likeness (QED) is 0.778. The molecule has 2 aromatic rings. The Morgan fingerprint density at radius 2 is 1.69 bits per heavy atom. The maximum absolute atomic E-state index is 12.0. The highest BCUT2D eigenvalue weighted by molar-refractivity contribution is 7.80. The van der Waals surface area contributed by atoms with E-state index in [1.807, 2.05) is 61.5 Å². The van der Waals surface area contributed by atoms with Crippen molar-refractivity contribution in [2.75, 3.05) is 6.61 Å². The minimum atomic E-state index is -0.289. The van der Waals surface area contributed by atoms with E-state index in [9.17, 15) is 4.79 Å². The first-order chi connectivity index (χ1) is 12.3. The number of rotatable bonds is 5. The predicted octanol–water partition coefficient (Wildman–Crippen LogP) is 4.11. The molecule has 0 radical (unpaired) electrons. The summed E-state index contributed by atoms with van der Waals surface area (Å²) in [7, 11) is 0. The molecule has 0 aromatic heterocycles. The molecule has 1 amide bonds. The van der Waals surface area contributed by atoms with Crippen LogP contribution in [-0.2, 0) is 10.2 Å². The molecule has 2 rings (SSSR count). The van der Waals surface area contributed by atoms with Crippen LogP contribution in [0.15, 0.2) is 54.6 Å². The second kappa shape index (κ2) is 8.81. The van der Waals surface area contributed by atoms with Crippen LogP contribution >= 0.6 is 12.2 Å². The second-order valence-corrected chi connectivity index (χ2v) is 7.63. The Hall–Kier alpha value is -2.40. The largest absolute Gasteiger partial charge is 0.484 e. The van der Waals surface area contributed by atoms with Crippen LogP contribution in [0, 0.1) is 0 Å². The second-order valence-electron chi connectivity index (χ2n) is 7.22. The molecule has 0 heterocycles. The number of thiocarbonyl (C=S) groups is 1. The van der Waals surface area contributed by atoms with E-state index in [1.165, 1.54) is 5.56 Å². The normalized spacial score (nSPS) is 12.2. The number of benzene rings is 2. The lowest BCUT2D eigenvalue weighted by Gasteiger charge is -2.19. The van der Waals surface area contributed by atoms with Crippen LogP contribution in [0.1, 0.15) is 44.9 Å². The van der Waals surface area contributed by atoms with Crippen molar-refractivity contribution in [3.8, 4) is 5.75 Å². The molecular weight excluding hydrogens is 344 g/mol. The molecule has 0 saturated heterocycles. The molecule has 4 nitrogen and oxygen atoms in total. The molecule has 0 saturated carbocycles. The zero-order chi connectivity index (χ0) is 19.2. The first-order valence-corrected chi connectivity index (χ1v) is 9.05. The minimum Gasteiger partial charge on any atom is -0.484 e. The Kier molecular flexibility index (Phi) is 6.75. The van der Waals surface area contributed by atoms with Crippen molar-refractivity contribution in [3.63, 3.8) is 0 Å². The van der Waals surface area contributed by atoms with Gasteiger partial charge in [0.2, 0.25) is 0 Å². The third-order valence-electron chi connectivity index (χ3n) is 3.99. The van der Waals surface area contributed by atoms with Gasteiger partial charge in [-0.25, -0.2) is 0 Å². The fourth-order valence-electron chi connectivity index (χ4n) is 2.42. The zero-order valence-electron chi connectivity index (χ0n) is 15.7. The van der Waals surface area contributed by atoms with E-state index in [2.05, 4.69) is 31.4 Å². The molecule has 0 fully saturated rings. The maximum atomic E-state index is 12.0. The van der Waals surface area contributed by atoms with Crippen LogP contribution in [0.4, 0.5) is 0 Å². The first-order valence-electron chi connectivity index (χ1n) is 8.64. The first kappa shape index (κ1) is 19.9. The lowest BCUT2D eigenvalue weighted by molar-refractivity contribution is -0.121. The highest BCUT2D eigenvalue weighted by atomic mass is 32.1. The van der Waals surface area contributed by atoms with E-state index in [0.717, 1.165) is 5.56 Å². The highest BCUT2D eigenvalue weighted by Crippen LogP contribution is 2.24. The summed E-state index contributed by atoms with van der Waals surface area (Å²) in [5.74, 6) is 0.368. The molecule has 0 aliphatic heterocycles. The molecule has 26 heavy (non-hydrogen) atoms. The van der Waals surface area contributed by atoms with Crippen molar-refractivity contribution < 1.29 is 9.53 Å². The van der Waals surface area contributed by atoms with Gasteiger partial charge in [0.05, 0.1) is 6.04 Å². The number of carbonyl (C=O) groups excluding carboxylic acids is 1. The lowest BCUT2D eigenvalue weighted by atomic mass is 9.87. The Morgan fingerprint density at radius 3 is 2.27 bits per heavy atom. The summed E-state index contributed by atoms with van der Waals surface area (Å²) >= 11 is 5.20. The number of nitrogens with one attached hydrogen (secondary N) is 2. The van der Waals surface area contributed by atoms with E-state index in [4.69, 9.17) is 17.0 Å². The summed E-state index contributed by atoms with van der Waals surface area (Å²) in [6.07, 6.45) is 0. The SMILES string of the molecule is CC(NC(=S)NC(=O)COc1ccc(C(C)(C)C)cc1)c1ccccc1. The van der Waals surface area contributed by atoms with Gasteiger partial charge in [-0.1, -0.05) is 63.2 Å². The fraction of sp³-hybridized carbons (Fsp3) is 0.333. The van der Waals surface area contributed by atoms with E-state index in [1.54, 1.807) is 0 Å². The summed E-state index contributed by atoms with van der Waals surface area (Å²) in [5.41, 5.74) is 2.40. The number of hydrogen-bond donors (Lipinski definition) is 2. The van der Waals surface area contributed by atoms with Crippen molar-refractivity contribution in [3.05, 3.63) is 65.7 Å². The van der Waals surface area contributed by atoms with Gasteiger partial charge in [-0.3, -0.25) is 4.79 Å². The Bertz CT molecular complexity index is 737. The van der Waals surface area contributed by atoms with Gasteiger partial charge in [0.15, 0.2) is 11.7 Å². The van der Waals surface area contributed by atoms with Crippen LogP contribution in [0.2, 0.25) is 0 Å². The standard InChI is InChI=1S/C21H26N2O2S/c1-15(16-8-6-5-7-9-16)22-20(26)23-19(24)14-25-18-12-10-17(11-13-18)21(2,3)4/h5-13,15H,14H2,1-4H3,(H2,22,23,24,26). The summed E-state index contributed by atoms with van der Waals surface area (Å²) in [4.78, 5) is 12.0. The van der Waals surface area contributed by atoms with Crippen molar-refractivity contribution in [1.82, 2.24) is 10.6 Å². The lowest BCUT2D eigenvalue weighted by Crippen LogP contribution is -2.42. The monoisotopic (exact) mass is 370 g/mol. The molecule has 0 spiro atoms. The molecular formula is C21H26N2O2S. The summed E-state index contributed by atoms with van der Waals surface area (Å²) < 4.78 is 5.53. The Morgan fingerprint density at radius 1 is 1.08 bits per heavy atom. The molecule has 2 N–H and O–H groups in total. The molecule has 0 aliphatic carbocycles. The van der Waals surface area contributed by atoms with Gasteiger partial charge < -0.3 is 15.4 Å². The summed E-state index contributed by atoms with van der Waals surface area (Å²) in [6, 6.07) is 17.7. The van der Waals surface area contributed by atoms with Crippen molar-refractivity contribution >= 4 is 23.2 Å². The number of amides is 1. The zero-order valence-corrected chi connectivity index (χ0v) is 16.5. The van der Waals surface area contributed by atoms with E-state index in [-0.39, 0.29) is 29.1 Å². The summed E-state index contributed by atoms with van der Waals surface area (Å²) in [6.45, 7) is 8.36. The topological polar surface area (TPSA) is 50.4 Å². The molecule has 138 valence electrons. The van der Waals surface area contributed by atoms with Crippen LogP contribution < -0.4 is 15.4 Å². The third kappa shape index (κ3) is 6.15. The van der Waals surface area contributed by atoms with E-state index < -0.39 is 0 Å². The number of hydrogen-bond acceptors (Lipinski definition) is 3. The van der Waals surface area contributed by atoms with Crippen molar-refractivity contribution in [2.45, 2.75) is 39.2 Å². The van der Waals surface area contributed by atoms with Crippen molar-refractivity contribution in [2.24, 2.45) is 0 Å². The maximum Gasteiger partial charge on any atom is 0.264 e. The van der Waals surface area contributed by atoms with E-state index >= 15 is 0 Å². The average Bonchev–Trinajstić information content (AvgIpc) is 2.60. The van der Waals surface area contributed by atoms with Crippen LogP contribution in [0.3, 0.4) is 0 Å². The Balaban J connectivity index is 1.78. The van der Waals surface area contributed by atoms with E-state index in [0.29, 0.717) is 5.75 Å². The summed E-state index contributed by atoms with van der Waals surface area (Å²) in [5, 5.41) is 6.03. The van der Waals surface area contributed by atoms with Crippen LogP contribution in [0.5, 0.6) is 5.75 Å². The van der Waals surface area contributed by atoms with Crippen molar-refractivity contribution in [1.29, 1.82) is 0 Å². The number of carbonyl (C=O) groups is 1. The van der Waals surface area contributed by atoms with Crippen LogP contribution in [0.25, 0.3) is 0 Å². The van der Waals surface area contributed by atoms with Gasteiger partial charge in [0, 0.05) is 0 Å². The smallest absolute Gasteiger partial charge is 0.264 e. The minimum absolute atomic E-state index is 0.00913.